The lowest BCUT2D eigenvalue weighted by molar-refractivity contribution is 0.0953. The Kier molecular flexibility index (Phi) is 4.87. The van der Waals surface area contributed by atoms with Gasteiger partial charge in [-0.1, -0.05) is 48.6 Å². The number of para-hydroxylation sites is 2. The number of carbonyl (C=O) groups excluding carboxylic acids is 1. The highest BCUT2D eigenvalue weighted by molar-refractivity contribution is 5.92. The second-order valence-electron chi connectivity index (χ2n) is 6.64. The molecule has 2 heterocycles. The Bertz CT molecular complexity index is 1120. The molecule has 0 bridgehead atoms. The maximum Gasteiger partial charge on any atom is 0.275 e. The first-order chi connectivity index (χ1) is 14.1. The van der Waals surface area contributed by atoms with Gasteiger partial charge in [0.05, 0.1) is 12.7 Å². The minimum atomic E-state index is -0.782. The number of hydrogen-bond donors (Lipinski definition) is 2. The number of rotatable bonds is 4. The third-order valence-electron chi connectivity index (χ3n) is 4.84. The van der Waals surface area contributed by atoms with Gasteiger partial charge < -0.3 is 15.3 Å². The average Bonchev–Trinajstić information content (AvgIpc) is 2.91. The van der Waals surface area contributed by atoms with Crippen LogP contribution >= 0.6 is 0 Å². The Morgan fingerprint density at radius 3 is 2.17 bits per heavy atom. The van der Waals surface area contributed by atoms with Gasteiger partial charge in [-0.3, -0.25) is 14.3 Å². The number of aromatic nitrogens is 2. The average molecular weight is 388 g/mol. The second kappa shape index (κ2) is 7.63. The van der Waals surface area contributed by atoms with Crippen molar-refractivity contribution in [2.24, 2.45) is 0 Å². The number of aromatic hydroxyl groups is 1. The highest BCUT2D eigenvalue weighted by Gasteiger charge is 2.19. The van der Waals surface area contributed by atoms with Crippen molar-refractivity contribution in [3.8, 4) is 5.75 Å². The monoisotopic (exact) mass is 388 g/mol. The van der Waals surface area contributed by atoms with E-state index in [9.17, 15) is 14.7 Å². The van der Waals surface area contributed by atoms with Crippen molar-refractivity contribution in [3.05, 3.63) is 81.8 Å². The molecule has 2 aromatic carbocycles. The molecule has 0 atom stereocenters. The topological polar surface area (TPSA) is 87.5 Å². The first-order valence-electron chi connectivity index (χ1n) is 9.25. The van der Waals surface area contributed by atoms with Crippen LogP contribution in [0.3, 0.4) is 0 Å². The van der Waals surface area contributed by atoms with Crippen LogP contribution in [0.15, 0.2) is 59.5 Å². The first kappa shape index (κ1) is 18.5. The molecular weight excluding hydrogens is 368 g/mol. The Labute approximate surface area is 167 Å². The Balaban J connectivity index is 1.70. The van der Waals surface area contributed by atoms with Crippen molar-refractivity contribution in [2.45, 2.75) is 6.54 Å². The van der Waals surface area contributed by atoms with E-state index in [1.165, 1.54) is 17.9 Å². The van der Waals surface area contributed by atoms with Gasteiger partial charge in [-0.15, -0.1) is 0 Å². The number of fused-ring (bicyclic) bond motifs is 2. The molecule has 0 saturated carbocycles. The fraction of sp³-hybridized carbons (Fsp3) is 0.136. The van der Waals surface area contributed by atoms with Crippen molar-refractivity contribution < 1.29 is 9.90 Å². The summed E-state index contributed by atoms with van der Waals surface area (Å²) in [6.07, 6.45) is 5.42. The van der Waals surface area contributed by atoms with Crippen LogP contribution in [-0.4, -0.2) is 34.4 Å². The lowest BCUT2D eigenvalue weighted by atomic mass is 10.1. The van der Waals surface area contributed by atoms with Gasteiger partial charge in [0.25, 0.3) is 11.3 Å². The zero-order valence-electron chi connectivity index (χ0n) is 15.9. The van der Waals surface area contributed by atoms with E-state index in [1.54, 1.807) is 0 Å². The third kappa shape index (κ3) is 3.50. The first-order valence-corrected chi connectivity index (χ1v) is 9.25. The van der Waals surface area contributed by atoms with E-state index >= 15 is 0 Å². The summed E-state index contributed by atoms with van der Waals surface area (Å²) in [6.45, 7) is 0.888. The highest BCUT2D eigenvalue weighted by Crippen LogP contribution is 2.35. The van der Waals surface area contributed by atoms with Crippen LogP contribution in [0, 0.1) is 0 Å². The number of nitrogens with zero attached hydrogens (tertiary/aromatic N) is 3. The lowest BCUT2D eigenvalue weighted by Gasteiger charge is -2.27. The summed E-state index contributed by atoms with van der Waals surface area (Å²) >= 11 is 0. The Morgan fingerprint density at radius 2 is 1.59 bits per heavy atom. The van der Waals surface area contributed by atoms with Crippen LogP contribution in [0.5, 0.6) is 5.75 Å². The van der Waals surface area contributed by atoms with Gasteiger partial charge >= 0.3 is 0 Å². The molecule has 4 rings (SSSR count). The normalized spacial score (nSPS) is 12.1. The maximum absolute atomic E-state index is 12.0. The number of nitrogens with one attached hydrogen (secondary N) is 1. The van der Waals surface area contributed by atoms with Gasteiger partial charge in [0.1, 0.15) is 0 Å². The summed E-state index contributed by atoms with van der Waals surface area (Å²) in [7, 11) is 1.41. The largest absolute Gasteiger partial charge is 0.503 e. The zero-order chi connectivity index (χ0) is 20.4. The van der Waals surface area contributed by atoms with Gasteiger partial charge in [-0.2, -0.15) is 5.10 Å². The van der Waals surface area contributed by atoms with Crippen LogP contribution < -0.4 is 15.6 Å². The fourth-order valence-electron chi connectivity index (χ4n) is 3.41. The Hall–Kier alpha value is -3.87. The van der Waals surface area contributed by atoms with Crippen LogP contribution in [-0.2, 0) is 6.54 Å². The molecule has 3 aromatic rings. The quantitative estimate of drug-likeness (QED) is 0.717. The van der Waals surface area contributed by atoms with E-state index in [2.05, 4.69) is 39.6 Å². The van der Waals surface area contributed by atoms with E-state index in [1.807, 2.05) is 36.4 Å². The van der Waals surface area contributed by atoms with Crippen molar-refractivity contribution >= 4 is 29.4 Å². The van der Waals surface area contributed by atoms with Crippen molar-refractivity contribution in [2.75, 3.05) is 18.5 Å². The molecule has 0 unspecified atom stereocenters. The number of benzene rings is 2. The molecule has 0 radical (unpaired) electrons. The van der Waals surface area contributed by atoms with Crippen LogP contribution in [0.25, 0.3) is 12.2 Å². The molecule has 1 amide bonds. The summed E-state index contributed by atoms with van der Waals surface area (Å²) in [6, 6.07) is 16.2. The molecule has 0 fully saturated rings. The van der Waals surface area contributed by atoms with Gasteiger partial charge in [-0.25, -0.2) is 0 Å². The molecule has 0 saturated heterocycles. The number of amides is 1. The number of hydrogen-bond acceptors (Lipinski definition) is 5. The predicted octanol–water partition coefficient (Wildman–Crippen LogP) is 2.63. The SMILES string of the molecule is CNC(=O)c1nn(CCN2c3ccccc3C=Cc3ccccc32)cc(O)c1=O. The van der Waals surface area contributed by atoms with Crippen molar-refractivity contribution in [3.63, 3.8) is 0 Å². The minimum Gasteiger partial charge on any atom is -0.503 e. The minimum absolute atomic E-state index is 0.328. The molecule has 1 aliphatic rings. The predicted molar refractivity (Wildman–Crippen MR) is 112 cm³/mol. The molecule has 29 heavy (non-hydrogen) atoms. The van der Waals surface area contributed by atoms with E-state index in [-0.39, 0.29) is 5.69 Å². The molecule has 7 heteroatoms. The third-order valence-corrected chi connectivity index (χ3v) is 4.84. The molecular formula is C22H20N4O3. The van der Waals surface area contributed by atoms with Crippen molar-refractivity contribution in [1.29, 1.82) is 0 Å². The summed E-state index contributed by atoms with van der Waals surface area (Å²) in [5, 5.41) is 16.4. The van der Waals surface area contributed by atoms with Crippen LogP contribution in [0.4, 0.5) is 11.4 Å². The number of carbonyl (C=O) groups is 1. The lowest BCUT2D eigenvalue weighted by Crippen LogP contribution is -2.31. The molecule has 1 aromatic heterocycles. The van der Waals surface area contributed by atoms with Gasteiger partial charge in [-0.05, 0) is 23.3 Å². The van der Waals surface area contributed by atoms with Crippen LogP contribution in [0.1, 0.15) is 21.6 Å². The van der Waals surface area contributed by atoms with Crippen LogP contribution in [0.2, 0.25) is 0 Å². The summed E-state index contributed by atoms with van der Waals surface area (Å²) in [5.41, 5.74) is 3.16. The fourth-order valence-corrected chi connectivity index (χ4v) is 3.41. The van der Waals surface area contributed by atoms with E-state index in [0.717, 1.165) is 22.5 Å². The molecule has 2 N–H and O–H groups in total. The second-order valence-corrected chi connectivity index (χ2v) is 6.64. The van der Waals surface area contributed by atoms with Gasteiger partial charge in [0, 0.05) is 25.0 Å². The summed E-state index contributed by atoms with van der Waals surface area (Å²) in [5.74, 6) is -1.13. The summed E-state index contributed by atoms with van der Waals surface area (Å²) < 4.78 is 1.42. The number of anilines is 2. The van der Waals surface area contributed by atoms with Gasteiger partial charge in [0.15, 0.2) is 11.4 Å². The Morgan fingerprint density at radius 1 is 1.00 bits per heavy atom. The van der Waals surface area contributed by atoms with E-state index in [4.69, 9.17) is 0 Å². The molecule has 1 aliphatic heterocycles. The zero-order valence-corrected chi connectivity index (χ0v) is 15.9. The van der Waals surface area contributed by atoms with Crippen molar-refractivity contribution in [1.82, 2.24) is 15.1 Å². The maximum atomic E-state index is 12.0. The molecule has 7 nitrogen and oxygen atoms in total. The smallest absolute Gasteiger partial charge is 0.275 e. The van der Waals surface area contributed by atoms with E-state index < -0.39 is 17.1 Å². The standard InChI is InChI=1S/C22H20N4O3/c1-23-22(29)20-21(28)19(27)14-25(24-20)12-13-26-17-8-4-2-6-15(17)10-11-16-7-3-5-9-18(16)26/h2-11,14,27H,12-13H2,1H3,(H,23,29). The molecule has 146 valence electrons. The summed E-state index contributed by atoms with van der Waals surface area (Å²) in [4.78, 5) is 26.1. The molecule has 0 aliphatic carbocycles. The highest BCUT2D eigenvalue weighted by atomic mass is 16.3. The van der Waals surface area contributed by atoms with Gasteiger partial charge in [0.2, 0.25) is 0 Å². The van der Waals surface area contributed by atoms with E-state index in [0.29, 0.717) is 13.1 Å². The molecule has 0 spiro atoms.